The Labute approximate surface area is 214 Å². The zero-order valence-electron chi connectivity index (χ0n) is 20.7. The topological polar surface area (TPSA) is 101 Å². The van der Waals surface area contributed by atoms with Crippen molar-refractivity contribution in [1.82, 2.24) is 20.2 Å². The molecule has 0 saturated carbocycles. The van der Waals surface area contributed by atoms with Crippen LogP contribution < -0.4 is 20.1 Å². The molecule has 9 nitrogen and oxygen atoms in total. The van der Waals surface area contributed by atoms with E-state index in [9.17, 15) is 9.18 Å². The maximum absolute atomic E-state index is 14.5. The van der Waals surface area contributed by atoms with Gasteiger partial charge in [-0.3, -0.25) is 14.7 Å². The summed E-state index contributed by atoms with van der Waals surface area (Å²) in [6.45, 7) is 4.30. The van der Waals surface area contributed by atoms with Crippen molar-refractivity contribution < 1.29 is 23.4 Å². The molecule has 1 saturated heterocycles. The number of rotatable bonds is 3. The number of carbonyl (C=O) groups is 1. The highest BCUT2D eigenvalue weighted by molar-refractivity contribution is 6.07. The predicted octanol–water partition coefficient (Wildman–Crippen LogP) is 3.67. The van der Waals surface area contributed by atoms with Crippen LogP contribution in [0.3, 0.4) is 0 Å². The summed E-state index contributed by atoms with van der Waals surface area (Å²) in [5, 5.41) is 6.38. The van der Waals surface area contributed by atoms with Crippen LogP contribution in [-0.2, 0) is 4.74 Å². The summed E-state index contributed by atoms with van der Waals surface area (Å²) in [6, 6.07) is 6.52. The van der Waals surface area contributed by atoms with E-state index in [1.54, 1.807) is 24.5 Å². The molecule has 3 aliphatic rings. The first-order chi connectivity index (χ1) is 18.1. The van der Waals surface area contributed by atoms with Crippen molar-refractivity contribution in [2.24, 2.45) is 0 Å². The number of hydrogen-bond donors (Lipinski definition) is 3. The number of methoxy groups -OCH3 is 1. The van der Waals surface area contributed by atoms with E-state index in [1.165, 1.54) is 13.2 Å². The van der Waals surface area contributed by atoms with E-state index in [-0.39, 0.29) is 23.7 Å². The minimum absolute atomic E-state index is 0.0385. The Balaban J connectivity index is 1.50. The van der Waals surface area contributed by atoms with Crippen LogP contribution in [0.5, 0.6) is 11.5 Å². The largest absolute Gasteiger partial charge is 0.492 e. The highest BCUT2D eigenvalue weighted by Crippen LogP contribution is 2.44. The third-order valence-corrected chi connectivity index (χ3v) is 7.33. The normalized spacial score (nSPS) is 23.2. The Morgan fingerprint density at radius 1 is 1.27 bits per heavy atom. The molecule has 1 unspecified atom stereocenters. The third-order valence-electron chi connectivity index (χ3n) is 7.33. The van der Waals surface area contributed by atoms with Gasteiger partial charge in [0.25, 0.3) is 5.91 Å². The zero-order valence-corrected chi connectivity index (χ0v) is 20.7. The number of hydrogen-bond acceptors (Lipinski definition) is 7. The number of aromatic amines is 1. The van der Waals surface area contributed by atoms with Crippen molar-refractivity contribution >= 4 is 17.3 Å². The fourth-order valence-electron chi connectivity index (χ4n) is 5.52. The van der Waals surface area contributed by atoms with Gasteiger partial charge in [0.1, 0.15) is 18.5 Å². The number of para-hydroxylation sites is 1. The van der Waals surface area contributed by atoms with Crippen LogP contribution in [0.1, 0.15) is 34.8 Å². The highest BCUT2D eigenvalue weighted by Gasteiger charge is 2.34. The van der Waals surface area contributed by atoms with Gasteiger partial charge in [-0.25, -0.2) is 4.39 Å². The summed E-state index contributed by atoms with van der Waals surface area (Å²) in [5.41, 5.74) is 3.79. The molecule has 3 aromatic rings. The second kappa shape index (κ2) is 10.0. The van der Waals surface area contributed by atoms with Crippen LogP contribution in [0, 0.1) is 5.82 Å². The smallest absolute Gasteiger partial charge is 0.255 e. The lowest BCUT2D eigenvalue weighted by atomic mass is 9.92. The molecule has 3 N–H and O–H groups in total. The number of anilines is 2. The highest BCUT2D eigenvalue weighted by atomic mass is 19.1. The van der Waals surface area contributed by atoms with Gasteiger partial charge in [0.05, 0.1) is 42.5 Å². The van der Waals surface area contributed by atoms with Gasteiger partial charge < -0.3 is 29.8 Å². The molecule has 3 atom stereocenters. The van der Waals surface area contributed by atoms with E-state index in [0.29, 0.717) is 48.1 Å². The van der Waals surface area contributed by atoms with E-state index >= 15 is 0 Å². The van der Waals surface area contributed by atoms with Crippen molar-refractivity contribution in [2.75, 3.05) is 51.8 Å². The third kappa shape index (κ3) is 4.51. The average molecular weight is 508 g/mol. The molecule has 10 heteroatoms. The number of halogens is 1. The van der Waals surface area contributed by atoms with Gasteiger partial charge in [0.15, 0.2) is 11.6 Å². The molecule has 1 amide bonds. The van der Waals surface area contributed by atoms with Crippen molar-refractivity contribution in [1.29, 1.82) is 0 Å². The van der Waals surface area contributed by atoms with Crippen LogP contribution >= 0.6 is 0 Å². The van der Waals surface area contributed by atoms with Gasteiger partial charge in [-0.1, -0.05) is 6.07 Å². The number of nitrogens with zero attached hydrogens (tertiary/aromatic N) is 2. The summed E-state index contributed by atoms with van der Waals surface area (Å²) in [7, 11) is 1.42. The molecule has 1 aromatic carbocycles. The van der Waals surface area contributed by atoms with E-state index in [0.717, 1.165) is 43.7 Å². The molecular formula is C27H30FN5O4. The number of carbonyl (C=O) groups excluding carboxylic acids is 1. The Kier molecular flexibility index (Phi) is 6.43. The van der Waals surface area contributed by atoms with Gasteiger partial charge in [-0.2, -0.15) is 0 Å². The maximum Gasteiger partial charge on any atom is 0.255 e. The second-order valence-corrected chi connectivity index (χ2v) is 9.63. The molecule has 1 fully saturated rings. The Morgan fingerprint density at radius 2 is 2.19 bits per heavy atom. The molecule has 37 heavy (non-hydrogen) atoms. The minimum Gasteiger partial charge on any atom is -0.492 e. The molecule has 0 radical (unpaired) electrons. The lowest BCUT2D eigenvalue weighted by molar-refractivity contribution is -0.0482. The van der Waals surface area contributed by atoms with E-state index in [2.05, 4.69) is 25.5 Å². The first-order valence-corrected chi connectivity index (χ1v) is 12.7. The van der Waals surface area contributed by atoms with Crippen molar-refractivity contribution in [3.63, 3.8) is 0 Å². The number of aromatic nitrogens is 2. The number of morpholine rings is 1. The first kappa shape index (κ1) is 23.7. The quantitative estimate of drug-likeness (QED) is 0.497. The number of benzene rings is 1. The lowest BCUT2D eigenvalue weighted by Gasteiger charge is -2.33. The molecule has 194 valence electrons. The molecule has 2 aromatic heterocycles. The standard InChI is InChI=1S/C27H30FN5O4/c1-35-26-19(28)5-2-6-20(26)31-25-22-23-16(12-30-27(22)34)4-3-9-33-10-11-36-17(14-33)15-37-21-13-29-8-7-18(21)24(25)32-23/h2,5-8,13,16-17,31-32H,3-4,9-12,14-15H2,1H3,(H,30,34)/t16-,17-/m0/s1. The predicted molar refractivity (Wildman–Crippen MR) is 136 cm³/mol. The Bertz CT molecular complexity index is 1310. The fraction of sp³-hybridized carbons (Fsp3) is 0.407. The summed E-state index contributed by atoms with van der Waals surface area (Å²) >= 11 is 0. The van der Waals surface area contributed by atoms with Crippen molar-refractivity contribution in [2.45, 2.75) is 24.9 Å². The summed E-state index contributed by atoms with van der Waals surface area (Å²) < 4.78 is 32.1. The van der Waals surface area contributed by atoms with Gasteiger partial charge in [-0.15, -0.1) is 0 Å². The molecular weight excluding hydrogens is 477 g/mol. The van der Waals surface area contributed by atoms with Crippen molar-refractivity contribution in [3.8, 4) is 22.8 Å². The van der Waals surface area contributed by atoms with Crippen LogP contribution in [0.4, 0.5) is 15.8 Å². The number of pyridine rings is 1. The maximum atomic E-state index is 14.5. The molecule has 6 rings (SSSR count). The molecule has 0 spiro atoms. The number of ether oxygens (including phenoxy) is 3. The number of amides is 1. The van der Waals surface area contributed by atoms with Crippen molar-refractivity contribution in [3.05, 3.63) is 53.7 Å². The average Bonchev–Trinajstić information content (AvgIpc) is 3.29. The fourth-order valence-corrected chi connectivity index (χ4v) is 5.52. The van der Waals surface area contributed by atoms with Crippen LogP contribution in [-0.4, -0.2) is 73.4 Å². The molecule has 4 bridgehead atoms. The lowest BCUT2D eigenvalue weighted by Crippen LogP contribution is -2.45. The number of nitrogens with one attached hydrogen (secondary N) is 3. The van der Waals surface area contributed by atoms with Gasteiger partial charge in [-0.05, 0) is 37.6 Å². The first-order valence-electron chi connectivity index (χ1n) is 12.7. The SMILES string of the molecule is COc1c(F)cccc1Nc1c2[nH]c3c1C(=O)NC[C@@H]3CCCN1CCO[C@H](COc3cnccc3-2)C1. The van der Waals surface area contributed by atoms with Gasteiger partial charge >= 0.3 is 0 Å². The summed E-state index contributed by atoms with van der Waals surface area (Å²) in [5.74, 6) is 0.0907. The van der Waals surface area contributed by atoms with Crippen LogP contribution in [0.25, 0.3) is 11.3 Å². The Hall–Kier alpha value is -3.63. The number of H-pyrrole nitrogens is 1. The van der Waals surface area contributed by atoms with E-state index in [1.807, 2.05) is 6.07 Å². The minimum atomic E-state index is -0.492. The van der Waals surface area contributed by atoms with Gasteiger partial charge in [0, 0.05) is 43.0 Å². The van der Waals surface area contributed by atoms with E-state index in [4.69, 9.17) is 14.2 Å². The molecule has 0 aliphatic carbocycles. The monoisotopic (exact) mass is 507 g/mol. The van der Waals surface area contributed by atoms with Gasteiger partial charge in [0.2, 0.25) is 0 Å². The second-order valence-electron chi connectivity index (χ2n) is 9.63. The van der Waals surface area contributed by atoms with Crippen LogP contribution in [0.2, 0.25) is 0 Å². The summed E-state index contributed by atoms with van der Waals surface area (Å²) in [6.07, 6.45) is 5.23. The molecule has 3 aliphatic heterocycles. The molecule has 5 heterocycles. The zero-order chi connectivity index (χ0) is 25.4. The van der Waals surface area contributed by atoms with E-state index < -0.39 is 5.82 Å². The number of fused-ring (bicyclic) bond motifs is 5. The summed E-state index contributed by atoms with van der Waals surface area (Å²) in [4.78, 5) is 23.5. The van der Waals surface area contributed by atoms with Crippen LogP contribution in [0.15, 0.2) is 36.7 Å². The Morgan fingerprint density at radius 3 is 3.08 bits per heavy atom.